The minimum atomic E-state index is 0.322. The molecule has 1 atom stereocenters. The molecule has 22 heavy (non-hydrogen) atoms. The Morgan fingerprint density at radius 2 is 1.77 bits per heavy atom. The van der Waals surface area contributed by atoms with E-state index in [9.17, 15) is 0 Å². The highest BCUT2D eigenvalue weighted by Gasteiger charge is 2.36. The topological polar surface area (TPSA) is 24.5 Å². The number of hydrogen-bond donors (Lipinski definition) is 1. The zero-order valence-electron chi connectivity index (χ0n) is 13.0. The summed E-state index contributed by atoms with van der Waals surface area (Å²) >= 11 is 0. The van der Waals surface area contributed by atoms with Gasteiger partial charge in [0.1, 0.15) is 12.4 Å². The third-order valence-corrected chi connectivity index (χ3v) is 4.79. The molecule has 0 aromatic heterocycles. The van der Waals surface area contributed by atoms with E-state index in [0.717, 1.165) is 31.3 Å². The SMILES string of the molecule is CNCC1CN(C2c3ccccc3COc3ccccc32)C1. The molecule has 0 aliphatic carbocycles. The predicted octanol–water partition coefficient (Wildman–Crippen LogP) is 2.82. The minimum absolute atomic E-state index is 0.322. The predicted molar refractivity (Wildman–Crippen MR) is 88.0 cm³/mol. The lowest BCUT2D eigenvalue weighted by molar-refractivity contribution is 0.0693. The van der Waals surface area contributed by atoms with E-state index in [4.69, 9.17) is 4.74 Å². The first-order valence-electron chi connectivity index (χ1n) is 8.05. The average Bonchev–Trinajstić information content (AvgIpc) is 2.68. The molecule has 0 amide bonds. The molecule has 0 bridgehead atoms. The van der Waals surface area contributed by atoms with Gasteiger partial charge in [-0.1, -0.05) is 42.5 Å². The first-order valence-corrected chi connectivity index (χ1v) is 8.05. The van der Waals surface area contributed by atoms with Crippen LogP contribution in [0.1, 0.15) is 22.7 Å². The second-order valence-corrected chi connectivity index (χ2v) is 6.31. The first-order chi connectivity index (χ1) is 10.9. The summed E-state index contributed by atoms with van der Waals surface area (Å²) in [6, 6.07) is 17.5. The molecule has 0 saturated carbocycles. The van der Waals surface area contributed by atoms with Gasteiger partial charge in [0.25, 0.3) is 0 Å². The van der Waals surface area contributed by atoms with E-state index in [-0.39, 0.29) is 0 Å². The normalized spacial score (nSPS) is 21.2. The summed E-state index contributed by atoms with van der Waals surface area (Å²) in [7, 11) is 2.03. The monoisotopic (exact) mass is 294 g/mol. The summed E-state index contributed by atoms with van der Waals surface area (Å²) in [4.78, 5) is 2.58. The number of benzene rings is 2. The second kappa shape index (κ2) is 5.75. The van der Waals surface area contributed by atoms with Crippen LogP contribution < -0.4 is 10.1 Å². The quantitative estimate of drug-likeness (QED) is 0.942. The Bertz CT molecular complexity index is 616. The van der Waals surface area contributed by atoms with Crippen LogP contribution >= 0.6 is 0 Å². The molecule has 1 N–H and O–H groups in total. The first kappa shape index (κ1) is 13.8. The number of ether oxygens (including phenoxy) is 1. The number of nitrogens with one attached hydrogen (secondary N) is 1. The van der Waals surface area contributed by atoms with Gasteiger partial charge >= 0.3 is 0 Å². The molecule has 3 nitrogen and oxygen atoms in total. The Morgan fingerprint density at radius 3 is 2.59 bits per heavy atom. The smallest absolute Gasteiger partial charge is 0.124 e. The third kappa shape index (κ3) is 2.31. The largest absolute Gasteiger partial charge is 0.489 e. The van der Waals surface area contributed by atoms with Crippen molar-refractivity contribution in [3.63, 3.8) is 0 Å². The van der Waals surface area contributed by atoms with Crippen molar-refractivity contribution in [3.05, 3.63) is 65.2 Å². The Labute approximate surface area is 131 Å². The number of para-hydroxylation sites is 1. The fraction of sp³-hybridized carbons (Fsp3) is 0.368. The van der Waals surface area contributed by atoms with Crippen LogP contribution in [-0.2, 0) is 6.61 Å². The van der Waals surface area contributed by atoms with Gasteiger partial charge in [-0.15, -0.1) is 0 Å². The van der Waals surface area contributed by atoms with E-state index < -0.39 is 0 Å². The van der Waals surface area contributed by atoms with Crippen LogP contribution in [0.3, 0.4) is 0 Å². The lowest BCUT2D eigenvalue weighted by atomic mass is 9.88. The lowest BCUT2D eigenvalue weighted by Gasteiger charge is -2.45. The number of rotatable bonds is 3. The fourth-order valence-electron chi connectivity index (χ4n) is 3.73. The van der Waals surface area contributed by atoms with Gasteiger partial charge in [-0.2, -0.15) is 0 Å². The fourth-order valence-corrected chi connectivity index (χ4v) is 3.73. The average molecular weight is 294 g/mol. The van der Waals surface area contributed by atoms with E-state index in [2.05, 4.69) is 58.7 Å². The van der Waals surface area contributed by atoms with Crippen molar-refractivity contribution < 1.29 is 4.74 Å². The molecule has 1 unspecified atom stereocenters. The maximum Gasteiger partial charge on any atom is 0.124 e. The Balaban J connectivity index is 1.72. The van der Waals surface area contributed by atoms with Crippen molar-refractivity contribution in [3.8, 4) is 5.75 Å². The van der Waals surface area contributed by atoms with E-state index in [0.29, 0.717) is 12.6 Å². The van der Waals surface area contributed by atoms with Gasteiger partial charge < -0.3 is 10.1 Å². The van der Waals surface area contributed by atoms with Crippen molar-refractivity contribution in [2.75, 3.05) is 26.7 Å². The van der Waals surface area contributed by atoms with Gasteiger partial charge in [0.15, 0.2) is 0 Å². The summed E-state index contributed by atoms with van der Waals surface area (Å²) < 4.78 is 6.06. The van der Waals surface area contributed by atoms with E-state index in [1.165, 1.54) is 16.7 Å². The maximum absolute atomic E-state index is 6.06. The van der Waals surface area contributed by atoms with Crippen LogP contribution in [0.25, 0.3) is 0 Å². The molecule has 1 fully saturated rings. The highest BCUT2D eigenvalue weighted by Crippen LogP contribution is 2.41. The van der Waals surface area contributed by atoms with Crippen LogP contribution in [0.2, 0.25) is 0 Å². The minimum Gasteiger partial charge on any atom is -0.489 e. The highest BCUT2D eigenvalue weighted by molar-refractivity contribution is 5.46. The summed E-state index contributed by atoms with van der Waals surface area (Å²) in [5.41, 5.74) is 4.01. The van der Waals surface area contributed by atoms with Crippen molar-refractivity contribution in [1.29, 1.82) is 0 Å². The maximum atomic E-state index is 6.06. The van der Waals surface area contributed by atoms with Crippen LogP contribution in [0.5, 0.6) is 5.75 Å². The van der Waals surface area contributed by atoms with Crippen molar-refractivity contribution >= 4 is 0 Å². The molecular formula is C19H22N2O. The lowest BCUT2D eigenvalue weighted by Crippen LogP contribution is -2.51. The Morgan fingerprint density at radius 1 is 1.05 bits per heavy atom. The second-order valence-electron chi connectivity index (χ2n) is 6.31. The number of fused-ring (bicyclic) bond motifs is 2. The summed E-state index contributed by atoms with van der Waals surface area (Å²) in [5, 5.41) is 3.29. The van der Waals surface area contributed by atoms with Gasteiger partial charge in [-0.3, -0.25) is 4.90 Å². The zero-order chi connectivity index (χ0) is 14.9. The summed E-state index contributed by atoms with van der Waals surface area (Å²) in [6.07, 6.45) is 0. The molecule has 2 aromatic rings. The molecule has 2 heterocycles. The van der Waals surface area contributed by atoms with Gasteiger partial charge in [0.05, 0.1) is 6.04 Å². The van der Waals surface area contributed by atoms with Gasteiger partial charge in [0.2, 0.25) is 0 Å². The van der Waals surface area contributed by atoms with Crippen molar-refractivity contribution in [2.45, 2.75) is 12.6 Å². The highest BCUT2D eigenvalue weighted by atomic mass is 16.5. The molecule has 0 radical (unpaired) electrons. The van der Waals surface area contributed by atoms with Crippen LogP contribution in [0.15, 0.2) is 48.5 Å². The summed E-state index contributed by atoms with van der Waals surface area (Å²) in [6.45, 7) is 4.06. The van der Waals surface area contributed by atoms with Gasteiger partial charge in [-0.25, -0.2) is 0 Å². The molecule has 114 valence electrons. The third-order valence-electron chi connectivity index (χ3n) is 4.79. The molecule has 2 aromatic carbocycles. The van der Waals surface area contributed by atoms with E-state index in [1.807, 2.05) is 7.05 Å². The number of hydrogen-bond acceptors (Lipinski definition) is 3. The standard InChI is InChI=1S/C19H22N2O/c1-20-10-14-11-21(12-14)19-16-7-3-2-6-15(16)13-22-18-9-5-4-8-17(18)19/h2-9,14,19-20H,10-13H2,1H3. The molecule has 3 heteroatoms. The van der Waals surface area contributed by atoms with Gasteiger partial charge in [0, 0.05) is 25.2 Å². The molecule has 2 aliphatic heterocycles. The molecule has 4 rings (SSSR count). The molecular weight excluding hydrogens is 272 g/mol. The number of likely N-dealkylation sites (tertiary alicyclic amines) is 1. The number of nitrogens with zero attached hydrogens (tertiary/aromatic N) is 1. The van der Waals surface area contributed by atoms with Crippen LogP contribution in [0, 0.1) is 5.92 Å². The summed E-state index contributed by atoms with van der Waals surface area (Å²) in [5.74, 6) is 1.79. The Hall–Kier alpha value is -1.84. The van der Waals surface area contributed by atoms with Gasteiger partial charge in [-0.05, 0) is 30.2 Å². The van der Waals surface area contributed by atoms with E-state index >= 15 is 0 Å². The van der Waals surface area contributed by atoms with Crippen molar-refractivity contribution in [1.82, 2.24) is 10.2 Å². The molecule has 1 saturated heterocycles. The Kier molecular flexibility index (Phi) is 3.60. The van der Waals surface area contributed by atoms with Crippen LogP contribution in [0.4, 0.5) is 0 Å². The molecule has 2 aliphatic rings. The van der Waals surface area contributed by atoms with Crippen LogP contribution in [-0.4, -0.2) is 31.6 Å². The molecule has 0 spiro atoms. The van der Waals surface area contributed by atoms with Crippen molar-refractivity contribution in [2.24, 2.45) is 5.92 Å². The zero-order valence-corrected chi connectivity index (χ0v) is 13.0. The van der Waals surface area contributed by atoms with E-state index in [1.54, 1.807) is 0 Å².